The van der Waals surface area contributed by atoms with E-state index in [4.69, 9.17) is 9.16 Å². The number of esters is 1. The highest BCUT2D eigenvalue weighted by molar-refractivity contribution is 6.99. The van der Waals surface area contributed by atoms with Gasteiger partial charge < -0.3 is 9.16 Å². The summed E-state index contributed by atoms with van der Waals surface area (Å²) < 4.78 is 26.7. The van der Waals surface area contributed by atoms with Crippen LogP contribution >= 0.6 is 0 Å². The first-order valence-electron chi connectivity index (χ1n) is 14.5. The second-order valence-corrected chi connectivity index (χ2v) is 16.3. The third-order valence-electron chi connectivity index (χ3n) is 7.94. The minimum atomic E-state index is -2.83. The number of hydrogen-bond acceptors (Lipinski definition) is 4. The van der Waals surface area contributed by atoms with Crippen molar-refractivity contribution in [3.05, 3.63) is 120 Å². The fourth-order valence-electron chi connectivity index (χ4n) is 6.06. The van der Waals surface area contributed by atoms with Gasteiger partial charge in [-0.2, -0.15) is 0 Å². The number of carbonyl (C=O) groups excluding carboxylic acids is 1. The summed E-state index contributed by atoms with van der Waals surface area (Å²) in [7, 11) is -2.83. The van der Waals surface area contributed by atoms with Crippen LogP contribution in [0.15, 0.2) is 97.1 Å². The maximum absolute atomic E-state index is 13.6. The Balaban J connectivity index is 1.48. The average Bonchev–Trinajstić information content (AvgIpc) is 2.95. The molecule has 0 spiro atoms. The Labute approximate surface area is 249 Å². The van der Waals surface area contributed by atoms with E-state index in [0.717, 1.165) is 28.1 Å². The molecular formula is C36H38FNO3Si. The van der Waals surface area contributed by atoms with Gasteiger partial charge in [0.2, 0.25) is 0 Å². The number of cyclic esters (lactones) is 1. The lowest BCUT2D eigenvalue weighted by molar-refractivity contribution is -0.155. The van der Waals surface area contributed by atoms with Gasteiger partial charge in [-0.05, 0) is 64.7 Å². The summed E-state index contributed by atoms with van der Waals surface area (Å²) >= 11 is 0. The van der Waals surface area contributed by atoms with Crippen LogP contribution in [0.4, 0.5) is 4.39 Å². The number of ether oxygens (including phenoxy) is 1. The standard InChI is InChI=1S/C36H38FNO3Si/c1-25-22-34(27-16-18-28(37)19-17-27)33(26(2)38-25)21-20-29-23-30(24-35(39)40-29)41-42(36(3,4)5,31-12-8-6-9-13-31)32-14-10-7-11-15-32/h6-22,29-30H,23-24H2,1-5H3/t29-,30-/m1/s1. The first-order valence-corrected chi connectivity index (χ1v) is 16.4. The van der Waals surface area contributed by atoms with Crippen molar-refractivity contribution in [3.8, 4) is 11.1 Å². The molecule has 1 aromatic heterocycles. The molecule has 0 bridgehead atoms. The molecule has 0 unspecified atom stereocenters. The normalized spacial score (nSPS) is 17.8. The van der Waals surface area contributed by atoms with Crippen LogP contribution < -0.4 is 10.4 Å². The maximum Gasteiger partial charge on any atom is 0.308 e. The van der Waals surface area contributed by atoms with Crippen LogP contribution in [0, 0.1) is 19.7 Å². The van der Waals surface area contributed by atoms with Crippen LogP contribution in [0.5, 0.6) is 0 Å². The molecule has 6 heteroatoms. The number of hydrogen-bond donors (Lipinski definition) is 0. The zero-order valence-corrected chi connectivity index (χ0v) is 25.9. The molecule has 1 aliphatic heterocycles. The van der Waals surface area contributed by atoms with E-state index in [-0.39, 0.29) is 29.3 Å². The maximum atomic E-state index is 13.6. The summed E-state index contributed by atoms with van der Waals surface area (Å²) in [6.45, 7) is 10.6. The molecule has 1 saturated heterocycles. The van der Waals surface area contributed by atoms with Crippen LogP contribution in [0.2, 0.25) is 5.04 Å². The number of rotatable bonds is 7. The fourth-order valence-corrected chi connectivity index (χ4v) is 10.8. The van der Waals surface area contributed by atoms with Gasteiger partial charge in [0.1, 0.15) is 11.9 Å². The van der Waals surface area contributed by atoms with Gasteiger partial charge in [0, 0.05) is 23.4 Å². The lowest BCUT2D eigenvalue weighted by atomic mass is 9.96. The van der Waals surface area contributed by atoms with Gasteiger partial charge >= 0.3 is 5.97 Å². The largest absolute Gasteiger partial charge is 0.458 e. The minimum Gasteiger partial charge on any atom is -0.458 e. The molecule has 1 aliphatic rings. The molecule has 0 amide bonds. The number of nitrogens with zero attached hydrogens (tertiary/aromatic N) is 1. The van der Waals surface area contributed by atoms with Gasteiger partial charge in [0.15, 0.2) is 0 Å². The number of benzene rings is 3. The Kier molecular flexibility index (Phi) is 8.57. The van der Waals surface area contributed by atoms with E-state index in [1.54, 1.807) is 12.1 Å². The summed E-state index contributed by atoms with van der Waals surface area (Å²) in [5.74, 6) is -0.546. The van der Waals surface area contributed by atoms with E-state index >= 15 is 0 Å². The van der Waals surface area contributed by atoms with Crippen molar-refractivity contribution in [2.45, 2.75) is 64.7 Å². The number of halogens is 1. The summed E-state index contributed by atoms with van der Waals surface area (Å²) in [5, 5.41) is 2.16. The average molecular weight is 580 g/mol. The monoisotopic (exact) mass is 579 g/mol. The van der Waals surface area contributed by atoms with E-state index < -0.39 is 14.4 Å². The van der Waals surface area contributed by atoms with Gasteiger partial charge in [0.05, 0.1) is 12.5 Å². The Morgan fingerprint density at radius 3 is 2.10 bits per heavy atom. The van der Waals surface area contributed by atoms with E-state index in [9.17, 15) is 9.18 Å². The molecule has 0 aliphatic carbocycles. The molecule has 0 radical (unpaired) electrons. The molecule has 4 nitrogen and oxygen atoms in total. The quantitative estimate of drug-likeness (QED) is 0.172. The highest BCUT2D eigenvalue weighted by Gasteiger charge is 2.52. The van der Waals surface area contributed by atoms with Gasteiger partial charge in [-0.15, -0.1) is 0 Å². The summed E-state index contributed by atoms with van der Waals surface area (Å²) in [4.78, 5) is 17.6. The molecule has 0 saturated carbocycles. The molecule has 0 N–H and O–H groups in total. The highest BCUT2D eigenvalue weighted by Crippen LogP contribution is 2.39. The van der Waals surface area contributed by atoms with Crippen molar-refractivity contribution in [2.75, 3.05) is 0 Å². The van der Waals surface area contributed by atoms with Gasteiger partial charge in [-0.1, -0.05) is 99.6 Å². The molecular weight excluding hydrogens is 541 g/mol. The molecule has 1 fully saturated rings. The second-order valence-electron chi connectivity index (χ2n) is 12.0. The first-order chi connectivity index (χ1) is 20.1. The number of carbonyl (C=O) groups is 1. The van der Waals surface area contributed by atoms with Gasteiger partial charge in [0.25, 0.3) is 8.32 Å². The second kappa shape index (κ2) is 12.2. The van der Waals surface area contributed by atoms with Crippen molar-refractivity contribution >= 4 is 30.7 Å². The predicted octanol–water partition coefficient (Wildman–Crippen LogP) is 7.17. The smallest absolute Gasteiger partial charge is 0.308 e. The Hall–Kier alpha value is -3.87. The molecule has 2 atom stereocenters. The van der Waals surface area contributed by atoms with E-state index in [1.807, 2.05) is 44.2 Å². The summed E-state index contributed by atoms with van der Waals surface area (Å²) in [6, 6.07) is 29.4. The van der Waals surface area contributed by atoms with Gasteiger partial charge in [-0.25, -0.2) is 4.39 Å². The van der Waals surface area contributed by atoms with Crippen LogP contribution in [0.3, 0.4) is 0 Å². The van der Waals surface area contributed by atoms with Crippen molar-refractivity contribution in [3.63, 3.8) is 0 Å². The van der Waals surface area contributed by atoms with Crippen LogP contribution in [-0.2, 0) is 14.0 Å². The van der Waals surface area contributed by atoms with Crippen molar-refractivity contribution in [1.29, 1.82) is 0 Å². The number of aryl methyl sites for hydroxylation is 2. The highest BCUT2D eigenvalue weighted by atomic mass is 28.4. The SMILES string of the molecule is Cc1cc(-c2ccc(F)cc2)c(C=C[C@@H]2C[C@@H](O[Si](c3ccccc3)(c3ccccc3)C(C)(C)C)CC(=O)O2)c(C)n1. The van der Waals surface area contributed by atoms with E-state index in [0.29, 0.717) is 6.42 Å². The molecule has 42 heavy (non-hydrogen) atoms. The van der Waals surface area contributed by atoms with Gasteiger partial charge in [-0.3, -0.25) is 9.78 Å². The van der Waals surface area contributed by atoms with Crippen LogP contribution in [-0.4, -0.2) is 31.5 Å². The summed E-state index contributed by atoms with van der Waals surface area (Å²) in [5.41, 5.74) is 4.51. The first kappa shape index (κ1) is 29.6. The lowest BCUT2D eigenvalue weighted by Crippen LogP contribution is -2.68. The number of pyridine rings is 1. The fraction of sp³-hybridized carbons (Fsp3) is 0.278. The Bertz CT molecular complexity index is 1520. The molecule has 5 rings (SSSR count). The zero-order chi connectivity index (χ0) is 29.9. The predicted molar refractivity (Wildman–Crippen MR) is 170 cm³/mol. The van der Waals surface area contributed by atoms with Crippen molar-refractivity contribution in [2.24, 2.45) is 0 Å². The Morgan fingerprint density at radius 1 is 0.929 bits per heavy atom. The van der Waals surface area contributed by atoms with Crippen LogP contribution in [0.25, 0.3) is 17.2 Å². The third-order valence-corrected chi connectivity index (χ3v) is 13.0. The summed E-state index contributed by atoms with van der Waals surface area (Å²) in [6.07, 6.45) is 3.92. The van der Waals surface area contributed by atoms with Crippen molar-refractivity contribution < 1.29 is 18.3 Å². The van der Waals surface area contributed by atoms with E-state index in [1.165, 1.54) is 22.5 Å². The van der Waals surface area contributed by atoms with Crippen LogP contribution in [0.1, 0.15) is 50.6 Å². The topological polar surface area (TPSA) is 48.4 Å². The molecule has 2 heterocycles. The minimum absolute atomic E-state index is 0.197. The molecule has 4 aromatic rings. The molecule has 3 aromatic carbocycles. The van der Waals surface area contributed by atoms with E-state index in [2.05, 4.69) is 74.3 Å². The zero-order valence-electron chi connectivity index (χ0n) is 24.9. The lowest BCUT2D eigenvalue weighted by Gasteiger charge is -2.46. The van der Waals surface area contributed by atoms with Crippen molar-refractivity contribution in [1.82, 2.24) is 4.98 Å². The number of aromatic nitrogens is 1. The molecule has 216 valence electrons. The third kappa shape index (κ3) is 6.15. The Morgan fingerprint density at radius 2 is 1.52 bits per heavy atom.